The van der Waals surface area contributed by atoms with Crippen molar-refractivity contribution in [3.05, 3.63) is 32.9 Å². The number of fused-ring (bicyclic) bond motifs is 1. The summed E-state index contributed by atoms with van der Waals surface area (Å²) in [5, 5.41) is 9.89. The zero-order chi connectivity index (χ0) is 12.0. The Hall–Kier alpha value is -1.23. The Morgan fingerprint density at radius 3 is 2.76 bits per heavy atom. The highest BCUT2D eigenvalue weighted by Crippen LogP contribution is 2.31. The van der Waals surface area contributed by atoms with Gasteiger partial charge in [0.1, 0.15) is 4.60 Å². The molecule has 5 heteroatoms. The smallest absolute Gasteiger partial charge is 0.251 e. The first-order valence-electron chi connectivity index (χ1n) is 5.71. The number of halogens is 1. The second-order valence-electron chi connectivity index (χ2n) is 4.51. The van der Waals surface area contributed by atoms with Crippen LogP contribution in [0.5, 0.6) is 0 Å². The standard InChI is InChI=1S/C12H12BrN3O/c1-7-9-5-11(17)16(8-3-2-4-8)6-10(9)12(13)15-14-7/h5-6,8H,2-4H2,1H3. The fraction of sp³-hybridized carbons (Fsp3) is 0.417. The highest BCUT2D eigenvalue weighted by molar-refractivity contribution is 9.10. The van der Waals surface area contributed by atoms with E-state index in [1.165, 1.54) is 6.42 Å². The average molecular weight is 294 g/mol. The quantitative estimate of drug-likeness (QED) is 0.812. The lowest BCUT2D eigenvalue weighted by Gasteiger charge is -2.27. The molecule has 0 aliphatic heterocycles. The monoisotopic (exact) mass is 293 g/mol. The Labute approximate surface area is 107 Å². The van der Waals surface area contributed by atoms with Crippen molar-refractivity contribution in [2.75, 3.05) is 0 Å². The van der Waals surface area contributed by atoms with Gasteiger partial charge in [0.05, 0.1) is 5.69 Å². The number of rotatable bonds is 1. The third-order valence-corrected chi connectivity index (χ3v) is 4.03. The molecule has 1 fully saturated rings. The topological polar surface area (TPSA) is 47.8 Å². The molecule has 0 amide bonds. The van der Waals surface area contributed by atoms with Crippen molar-refractivity contribution in [1.29, 1.82) is 0 Å². The minimum absolute atomic E-state index is 0.0604. The van der Waals surface area contributed by atoms with Gasteiger partial charge in [-0.15, -0.1) is 5.10 Å². The molecule has 2 heterocycles. The lowest BCUT2D eigenvalue weighted by Crippen LogP contribution is -2.28. The fourth-order valence-corrected chi connectivity index (χ4v) is 2.58. The maximum atomic E-state index is 12.0. The van der Waals surface area contributed by atoms with Gasteiger partial charge in [-0.3, -0.25) is 4.79 Å². The lowest BCUT2D eigenvalue weighted by atomic mass is 9.92. The first-order chi connectivity index (χ1) is 8.16. The fourth-order valence-electron chi connectivity index (χ4n) is 2.19. The number of aryl methyl sites for hydroxylation is 1. The maximum Gasteiger partial charge on any atom is 0.251 e. The summed E-state index contributed by atoms with van der Waals surface area (Å²) in [4.78, 5) is 12.0. The summed E-state index contributed by atoms with van der Waals surface area (Å²) in [7, 11) is 0. The zero-order valence-electron chi connectivity index (χ0n) is 9.48. The molecule has 17 heavy (non-hydrogen) atoms. The van der Waals surface area contributed by atoms with Crippen molar-refractivity contribution in [3.63, 3.8) is 0 Å². The van der Waals surface area contributed by atoms with Gasteiger partial charge in [-0.25, -0.2) is 0 Å². The Bertz CT molecular complexity index is 646. The summed E-state index contributed by atoms with van der Waals surface area (Å²) in [6, 6.07) is 2.04. The third kappa shape index (κ3) is 1.69. The van der Waals surface area contributed by atoms with E-state index in [0.717, 1.165) is 29.3 Å². The Balaban J connectivity index is 2.30. The molecule has 0 aromatic carbocycles. The van der Waals surface area contributed by atoms with Crippen LogP contribution in [-0.2, 0) is 0 Å². The van der Waals surface area contributed by atoms with E-state index in [9.17, 15) is 4.79 Å². The second-order valence-corrected chi connectivity index (χ2v) is 5.26. The van der Waals surface area contributed by atoms with Crippen LogP contribution >= 0.6 is 15.9 Å². The average Bonchev–Trinajstić information content (AvgIpc) is 2.23. The van der Waals surface area contributed by atoms with Crippen molar-refractivity contribution in [2.45, 2.75) is 32.2 Å². The van der Waals surface area contributed by atoms with Gasteiger partial charge in [0.2, 0.25) is 0 Å². The molecule has 1 aliphatic rings. The Morgan fingerprint density at radius 2 is 2.12 bits per heavy atom. The van der Waals surface area contributed by atoms with Crippen LogP contribution in [0.2, 0.25) is 0 Å². The summed E-state index contributed by atoms with van der Waals surface area (Å²) in [5.41, 5.74) is 0.853. The largest absolute Gasteiger partial charge is 0.312 e. The molecule has 0 atom stereocenters. The second kappa shape index (κ2) is 3.91. The maximum absolute atomic E-state index is 12.0. The van der Waals surface area contributed by atoms with E-state index in [1.54, 1.807) is 6.07 Å². The van der Waals surface area contributed by atoms with Gasteiger partial charge in [-0.2, -0.15) is 5.10 Å². The van der Waals surface area contributed by atoms with Crippen LogP contribution in [0.3, 0.4) is 0 Å². The minimum Gasteiger partial charge on any atom is -0.312 e. The van der Waals surface area contributed by atoms with Crippen LogP contribution in [0.25, 0.3) is 10.8 Å². The summed E-state index contributed by atoms with van der Waals surface area (Å²) >= 11 is 3.39. The highest BCUT2D eigenvalue weighted by atomic mass is 79.9. The molecule has 88 valence electrons. The van der Waals surface area contributed by atoms with E-state index in [0.29, 0.717) is 10.6 Å². The molecule has 4 nitrogen and oxygen atoms in total. The van der Waals surface area contributed by atoms with E-state index in [-0.39, 0.29) is 5.56 Å². The number of aromatic nitrogens is 3. The number of pyridine rings is 1. The molecule has 0 N–H and O–H groups in total. The van der Waals surface area contributed by atoms with Crippen molar-refractivity contribution >= 4 is 26.7 Å². The molecule has 0 spiro atoms. The van der Waals surface area contributed by atoms with Gasteiger partial charge in [0.15, 0.2) is 0 Å². The number of nitrogens with zero attached hydrogens (tertiary/aromatic N) is 3. The van der Waals surface area contributed by atoms with Crippen LogP contribution in [0.4, 0.5) is 0 Å². The van der Waals surface area contributed by atoms with Crippen LogP contribution in [-0.4, -0.2) is 14.8 Å². The molecule has 0 unspecified atom stereocenters. The molecule has 2 aromatic rings. The normalized spacial score (nSPS) is 16.1. The summed E-state index contributed by atoms with van der Waals surface area (Å²) < 4.78 is 2.53. The van der Waals surface area contributed by atoms with Gasteiger partial charge in [0.25, 0.3) is 5.56 Å². The predicted molar refractivity (Wildman–Crippen MR) is 69.1 cm³/mol. The molecule has 0 saturated heterocycles. The number of hydrogen-bond acceptors (Lipinski definition) is 3. The van der Waals surface area contributed by atoms with E-state index in [2.05, 4.69) is 26.1 Å². The minimum atomic E-state index is 0.0604. The molecule has 3 rings (SSSR count). The predicted octanol–water partition coefficient (Wildman–Crippen LogP) is 2.59. The molecule has 1 saturated carbocycles. The molecule has 1 aliphatic carbocycles. The molecule has 0 bridgehead atoms. The highest BCUT2D eigenvalue weighted by Gasteiger charge is 2.21. The van der Waals surface area contributed by atoms with Crippen molar-refractivity contribution in [3.8, 4) is 0 Å². The molecular formula is C12H12BrN3O. The van der Waals surface area contributed by atoms with Crippen molar-refractivity contribution in [1.82, 2.24) is 14.8 Å². The molecule has 0 radical (unpaired) electrons. The zero-order valence-corrected chi connectivity index (χ0v) is 11.1. The summed E-state index contributed by atoms with van der Waals surface area (Å²) in [6.45, 7) is 1.87. The van der Waals surface area contributed by atoms with E-state index in [1.807, 2.05) is 17.7 Å². The van der Waals surface area contributed by atoms with E-state index in [4.69, 9.17) is 0 Å². The number of hydrogen-bond donors (Lipinski definition) is 0. The third-order valence-electron chi connectivity index (χ3n) is 3.45. The van der Waals surface area contributed by atoms with Gasteiger partial charge in [-0.05, 0) is 42.1 Å². The van der Waals surface area contributed by atoms with E-state index >= 15 is 0 Å². The van der Waals surface area contributed by atoms with Crippen LogP contribution in [0.1, 0.15) is 31.0 Å². The van der Waals surface area contributed by atoms with Crippen LogP contribution in [0, 0.1) is 6.92 Å². The molecular weight excluding hydrogens is 282 g/mol. The summed E-state index contributed by atoms with van der Waals surface area (Å²) in [5.74, 6) is 0. The first-order valence-corrected chi connectivity index (χ1v) is 6.51. The Morgan fingerprint density at radius 1 is 1.35 bits per heavy atom. The first kappa shape index (κ1) is 10.9. The molecule has 2 aromatic heterocycles. The van der Waals surface area contributed by atoms with Crippen LogP contribution < -0.4 is 5.56 Å². The SMILES string of the molecule is Cc1nnc(Br)c2cn(C3CCC3)c(=O)cc12. The van der Waals surface area contributed by atoms with Crippen LogP contribution in [0.15, 0.2) is 21.7 Å². The van der Waals surface area contributed by atoms with Gasteiger partial charge >= 0.3 is 0 Å². The summed E-state index contributed by atoms with van der Waals surface area (Å²) in [6.07, 6.45) is 5.32. The lowest BCUT2D eigenvalue weighted by molar-refractivity contribution is 0.307. The van der Waals surface area contributed by atoms with Gasteiger partial charge < -0.3 is 4.57 Å². The van der Waals surface area contributed by atoms with E-state index < -0.39 is 0 Å². The van der Waals surface area contributed by atoms with Gasteiger partial charge in [-0.1, -0.05) is 0 Å². The van der Waals surface area contributed by atoms with Crippen molar-refractivity contribution < 1.29 is 0 Å². The van der Waals surface area contributed by atoms with Crippen molar-refractivity contribution in [2.24, 2.45) is 0 Å². The Kier molecular flexibility index (Phi) is 2.50. The van der Waals surface area contributed by atoms with Gasteiger partial charge in [0, 0.05) is 29.1 Å².